The minimum absolute atomic E-state index is 0.169. The lowest BCUT2D eigenvalue weighted by Gasteiger charge is -2.04. The molecular formula is C9H14ClN3O2. The number of ether oxygens (including phenoxy) is 1. The molecule has 5 nitrogen and oxygen atoms in total. The van der Waals surface area contributed by atoms with Gasteiger partial charge in [-0.05, 0) is 13.3 Å². The number of rotatable bonds is 6. The number of aromatic nitrogens is 3. The van der Waals surface area contributed by atoms with Crippen LogP contribution in [0.4, 0.5) is 0 Å². The minimum Gasteiger partial charge on any atom is -0.466 e. The van der Waals surface area contributed by atoms with Gasteiger partial charge in [0.25, 0.3) is 0 Å². The van der Waals surface area contributed by atoms with Crippen LogP contribution in [0.25, 0.3) is 0 Å². The van der Waals surface area contributed by atoms with E-state index < -0.39 is 0 Å². The lowest BCUT2D eigenvalue weighted by molar-refractivity contribution is -0.143. The second-order valence-corrected chi connectivity index (χ2v) is 3.25. The topological polar surface area (TPSA) is 57.0 Å². The normalized spacial score (nSPS) is 10.3. The molecule has 0 unspecified atom stereocenters. The lowest BCUT2D eigenvalue weighted by Crippen LogP contribution is -2.07. The molecule has 1 rings (SSSR count). The van der Waals surface area contributed by atoms with Crippen molar-refractivity contribution >= 4 is 17.6 Å². The van der Waals surface area contributed by atoms with Crippen LogP contribution in [0, 0.1) is 0 Å². The Labute approximate surface area is 93.4 Å². The van der Waals surface area contributed by atoms with Gasteiger partial charge in [0.1, 0.15) is 12.2 Å². The summed E-state index contributed by atoms with van der Waals surface area (Å²) in [6.07, 6.45) is 2.73. The van der Waals surface area contributed by atoms with Crippen LogP contribution in [0.1, 0.15) is 25.6 Å². The van der Waals surface area contributed by atoms with Gasteiger partial charge in [-0.1, -0.05) is 0 Å². The number of alkyl halides is 1. The number of hydrogen-bond donors (Lipinski definition) is 0. The first-order chi connectivity index (χ1) is 7.27. The molecule has 0 aliphatic heterocycles. The molecule has 1 aromatic heterocycles. The highest BCUT2D eigenvalue weighted by atomic mass is 35.5. The van der Waals surface area contributed by atoms with Crippen molar-refractivity contribution in [2.45, 2.75) is 32.2 Å². The summed E-state index contributed by atoms with van der Waals surface area (Å²) in [4.78, 5) is 11.0. The molecule has 1 aromatic rings. The summed E-state index contributed by atoms with van der Waals surface area (Å²) in [5, 5.41) is 7.57. The van der Waals surface area contributed by atoms with Gasteiger partial charge in [0.15, 0.2) is 0 Å². The summed E-state index contributed by atoms with van der Waals surface area (Å²) >= 11 is 5.65. The fraction of sp³-hybridized carbons (Fsp3) is 0.667. The van der Waals surface area contributed by atoms with Crippen molar-refractivity contribution < 1.29 is 9.53 Å². The summed E-state index contributed by atoms with van der Waals surface area (Å²) in [6.45, 7) is 2.91. The average Bonchev–Trinajstić information content (AvgIpc) is 2.66. The number of aryl methyl sites for hydroxylation is 1. The maximum Gasteiger partial charge on any atom is 0.305 e. The number of halogens is 1. The van der Waals surface area contributed by atoms with E-state index in [9.17, 15) is 4.79 Å². The summed E-state index contributed by atoms with van der Waals surface area (Å²) < 4.78 is 6.65. The molecule has 0 N–H and O–H groups in total. The molecule has 15 heavy (non-hydrogen) atoms. The van der Waals surface area contributed by atoms with E-state index in [1.54, 1.807) is 13.3 Å². The van der Waals surface area contributed by atoms with Crippen molar-refractivity contribution in [1.82, 2.24) is 14.8 Å². The van der Waals surface area contributed by atoms with Crippen molar-refractivity contribution in [1.29, 1.82) is 0 Å². The second-order valence-electron chi connectivity index (χ2n) is 2.98. The van der Waals surface area contributed by atoms with Crippen LogP contribution < -0.4 is 0 Å². The number of nitrogens with zero attached hydrogens (tertiary/aromatic N) is 3. The number of esters is 1. The van der Waals surface area contributed by atoms with Gasteiger partial charge in [-0.2, -0.15) is 0 Å². The second kappa shape index (κ2) is 6.40. The Hall–Kier alpha value is -1.10. The summed E-state index contributed by atoms with van der Waals surface area (Å²) in [5.74, 6) is 0.887. The molecule has 0 fully saturated rings. The van der Waals surface area contributed by atoms with Crippen molar-refractivity contribution in [3.63, 3.8) is 0 Å². The molecule has 0 saturated carbocycles. The summed E-state index contributed by atoms with van der Waals surface area (Å²) in [5.41, 5.74) is 0. The maximum atomic E-state index is 11.0. The van der Waals surface area contributed by atoms with Crippen LogP contribution in [-0.4, -0.2) is 27.3 Å². The molecule has 0 atom stereocenters. The highest BCUT2D eigenvalue weighted by Crippen LogP contribution is 2.03. The van der Waals surface area contributed by atoms with E-state index in [2.05, 4.69) is 10.2 Å². The maximum absolute atomic E-state index is 11.0. The predicted octanol–water partition coefficient (Wildman–Crippen LogP) is 1.36. The van der Waals surface area contributed by atoms with Gasteiger partial charge in [0.2, 0.25) is 0 Å². The Bertz CT molecular complexity index is 314. The van der Waals surface area contributed by atoms with Gasteiger partial charge in [-0.25, -0.2) is 0 Å². The van der Waals surface area contributed by atoms with Crippen molar-refractivity contribution in [3.8, 4) is 0 Å². The third kappa shape index (κ3) is 3.87. The molecule has 0 aromatic carbocycles. The Balaban J connectivity index is 2.28. The first-order valence-corrected chi connectivity index (χ1v) is 5.39. The Morgan fingerprint density at radius 1 is 1.67 bits per heavy atom. The van der Waals surface area contributed by atoms with Crippen LogP contribution in [0.3, 0.4) is 0 Å². The molecule has 0 aliphatic carbocycles. The average molecular weight is 232 g/mol. The summed E-state index contributed by atoms with van der Waals surface area (Å²) in [6, 6.07) is 0. The first-order valence-electron chi connectivity index (χ1n) is 4.86. The smallest absolute Gasteiger partial charge is 0.305 e. The van der Waals surface area contributed by atoms with Crippen molar-refractivity contribution in [2.24, 2.45) is 0 Å². The molecular weight excluding hydrogens is 218 g/mol. The number of carbonyl (C=O) groups excluding carboxylic acids is 1. The van der Waals surface area contributed by atoms with Crippen LogP contribution >= 0.6 is 11.6 Å². The Kier molecular flexibility index (Phi) is 5.10. The predicted molar refractivity (Wildman–Crippen MR) is 55.4 cm³/mol. The van der Waals surface area contributed by atoms with Crippen LogP contribution in [0.2, 0.25) is 0 Å². The molecule has 0 saturated heterocycles. The zero-order chi connectivity index (χ0) is 11.1. The van der Waals surface area contributed by atoms with Gasteiger partial charge < -0.3 is 9.30 Å². The van der Waals surface area contributed by atoms with Gasteiger partial charge in [-0.15, -0.1) is 21.8 Å². The van der Waals surface area contributed by atoms with Gasteiger partial charge >= 0.3 is 5.97 Å². The molecule has 0 bridgehead atoms. The van der Waals surface area contributed by atoms with Gasteiger partial charge in [0, 0.05) is 13.0 Å². The molecule has 84 valence electrons. The standard InChI is InChI=1S/C9H14ClN3O2/c1-2-15-9(14)4-3-5-13-7-11-12-8(13)6-10/h7H,2-6H2,1H3. The van der Waals surface area contributed by atoms with E-state index in [4.69, 9.17) is 16.3 Å². The van der Waals surface area contributed by atoms with E-state index in [1.165, 1.54) is 0 Å². The highest BCUT2D eigenvalue weighted by Gasteiger charge is 2.04. The third-order valence-corrected chi connectivity index (χ3v) is 2.14. The first kappa shape index (κ1) is 12.0. The quantitative estimate of drug-likeness (QED) is 0.548. The highest BCUT2D eigenvalue weighted by molar-refractivity contribution is 6.16. The van der Waals surface area contributed by atoms with E-state index in [-0.39, 0.29) is 5.97 Å². The van der Waals surface area contributed by atoms with Crippen molar-refractivity contribution in [2.75, 3.05) is 6.61 Å². The molecule has 1 heterocycles. The SMILES string of the molecule is CCOC(=O)CCCn1cnnc1CCl. The Morgan fingerprint density at radius 3 is 3.13 bits per heavy atom. The van der Waals surface area contributed by atoms with Crippen molar-refractivity contribution in [3.05, 3.63) is 12.2 Å². The third-order valence-electron chi connectivity index (χ3n) is 1.90. The van der Waals surface area contributed by atoms with Crippen LogP contribution in [-0.2, 0) is 22.0 Å². The monoisotopic (exact) mass is 231 g/mol. The zero-order valence-corrected chi connectivity index (χ0v) is 9.40. The van der Waals surface area contributed by atoms with E-state index >= 15 is 0 Å². The van der Waals surface area contributed by atoms with E-state index in [0.717, 1.165) is 5.82 Å². The summed E-state index contributed by atoms with van der Waals surface area (Å²) in [7, 11) is 0. The molecule has 0 amide bonds. The van der Waals surface area contributed by atoms with Crippen LogP contribution in [0.15, 0.2) is 6.33 Å². The van der Waals surface area contributed by atoms with Crippen LogP contribution in [0.5, 0.6) is 0 Å². The Morgan fingerprint density at radius 2 is 2.47 bits per heavy atom. The molecule has 0 radical (unpaired) electrons. The fourth-order valence-corrected chi connectivity index (χ4v) is 1.40. The van der Waals surface area contributed by atoms with E-state index in [1.807, 2.05) is 4.57 Å². The molecule has 6 heteroatoms. The zero-order valence-electron chi connectivity index (χ0n) is 8.65. The molecule has 0 aliphatic rings. The molecule has 0 spiro atoms. The van der Waals surface area contributed by atoms with Gasteiger partial charge in [-0.3, -0.25) is 4.79 Å². The minimum atomic E-state index is -0.169. The largest absolute Gasteiger partial charge is 0.466 e. The fourth-order valence-electron chi connectivity index (χ4n) is 1.20. The lowest BCUT2D eigenvalue weighted by atomic mass is 10.3. The van der Waals surface area contributed by atoms with E-state index in [0.29, 0.717) is 31.9 Å². The van der Waals surface area contributed by atoms with Gasteiger partial charge in [0.05, 0.1) is 12.5 Å². The number of hydrogen-bond acceptors (Lipinski definition) is 4. The number of carbonyl (C=O) groups is 1.